The Morgan fingerprint density at radius 3 is 1.70 bits per heavy atom. The number of hydrogen-bond acceptors (Lipinski definition) is 1. The number of alkyl halides is 4. The Morgan fingerprint density at radius 2 is 1.60 bits per heavy atom. The van der Waals surface area contributed by atoms with Gasteiger partial charge in [0.05, 0.1) is 0 Å². The van der Waals surface area contributed by atoms with E-state index in [2.05, 4.69) is 4.74 Å². The summed E-state index contributed by atoms with van der Waals surface area (Å²) in [6.07, 6.45) is -4.02. The van der Waals surface area contributed by atoms with Gasteiger partial charge in [-0.05, 0) is 13.8 Å². The van der Waals surface area contributed by atoms with Crippen molar-refractivity contribution in [3.05, 3.63) is 0 Å². The van der Waals surface area contributed by atoms with Crippen LogP contribution in [0.3, 0.4) is 0 Å². The van der Waals surface area contributed by atoms with Crippen LogP contribution in [0.4, 0.5) is 17.6 Å². The van der Waals surface area contributed by atoms with Crippen molar-refractivity contribution in [3.8, 4) is 0 Å². The number of hydrogen-bond donors (Lipinski definition) is 0. The van der Waals surface area contributed by atoms with Gasteiger partial charge in [0, 0.05) is 0 Å². The maximum Gasteiger partial charge on any atom is 0.386 e. The first-order valence-corrected chi connectivity index (χ1v) is 2.60. The molecule has 0 bridgehead atoms. The van der Waals surface area contributed by atoms with Crippen molar-refractivity contribution in [2.24, 2.45) is 0 Å². The zero-order valence-corrected chi connectivity index (χ0v) is 5.63. The van der Waals surface area contributed by atoms with Gasteiger partial charge >= 0.3 is 6.11 Å². The minimum absolute atomic E-state index is 0.774. The van der Waals surface area contributed by atoms with Crippen LogP contribution >= 0.6 is 0 Å². The molecule has 0 aromatic rings. The van der Waals surface area contributed by atoms with Gasteiger partial charge in [-0.25, -0.2) is 8.78 Å². The highest BCUT2D eigenvalue weighted by molar-refractivity contribution is 4.56. The van der Waals surface area contributed by atoms with Gasteiger partial charge in [0.25, 0.3) is 0 Å². The average molecular weight is 160 g/mol. The van der Waals surface area contributed by atoms with Crippen LogP contribution in [-0.2, 0) is 4.74 Å². The fraction of sp³-hybridized carbons (Fsp3) is 1.00. The molecule has 0 fully saturated rings. The third-order valence-electron chi connectivity index (χ3n) is 0.548. The summed E-state index contributed by atoms with van der Waals surface area (Å²) in [7, 11) is 0. The highest BCUT2D eigenvalue weighted by Crippen LogP contribution is 2.24. The second-order valence-corrected chi connectivity index (χ2v) is 2.24. The van der Waals surface area contributed by atoms with Gasteiger partial charge in [-0.15, -0.1) is 0 Å². The van der Waals surface area contributed by atoms with Crippen LogP contribution in [0, 0.1) is 0 Å². The molecule has 0 spiro atoms. The van der Waals surface area contributed by atoms with E-state index in [4.69, 9.17) is 0 Å². The largest absolute Gasteiger partial charge is 0.386 e. The summed E-state index contributed by atoms with van der Waals surface area (Å²) < 4.78 is 50.5. The minimum Gasteiger partial charge on any atom is -0.281 e. The molecule has 0 N–H and O–H groups in total. The summed E-state index contributed by atoms with van der Waals surface area (Å²) >= 11 is 0. The molecule has 0 saturated heterocycles. The van der Waals surface area contributed by atoms with Crippen molar-refractivity contribution >= 4 is 0 Å². The quantitative estimate of drug-likeness (QED) is 0.575. The van der Waals surface area contributed by atoms with Crippen molar-refractivity contribution < 1.29 is 22.3 Å². The maximum atomic E-state index is 12.2. The monoisotopic (exact) mass is 160 g/mol. The fourth-order valence-corrected chi connectivity index (χ4v) is 0.382. The SMILES string of the molecule is CC(C)(F)OC(F)(F)CF. The van der Waals surface area contributed by atoms with Crippen LogP contribution in [0.1, 0.15) is 13.8 Å². The van der Waals surface area contributed by atoms with E-state index in [1.165, 1.54) is 0 Å². The molecule has 0 aliphatic carbocycles. The summed E-state index contributed by atoms with van der Waals surface area (Å²) in [4.78, 5) is 0. The Hall–Kier alpha value is -0.320. The molecule has 1 nitrogen and oxygen atoms in total. The molecular weight excluding hydrogens is 152 g/mol. The second kappa shape index (κ2) is 2.74. The van der Waals surface area contributed by atoms with Gasteiger partial charge in [-0.1, -0.05) is 0 Å². The molecule has 0 amide bonds. The minimum atomic E-state index is -4.02. The molecule has 0 heterocycles. The van der Waals surface area contributed by atoms with E-state index in [0.29, 0.717) is 0 Å². The molecule has 0 aromatic heterocycles. The lowest BCUT2D eigenvalue weighted by Gasteiger charge is -2.20. The van der Waals surface area contributed by atoms with Crippen LogP contribution in [0.2, 0.25) is 0 Å². The standard InChI is InChI=1S/C5H8F4O/c1-4(2,7)10-5(8,9)3-6/h3H2,1-2H3. The molecule has 10 heavy (non-hydrogen) atoms. The zero-order chi connectivity index (χ0) is 8.41. The first kappa shape index (κ1) is 9.68. The topological polar surface area (TPSA) is 9.23 Å². The van der Waals surface area contributed by atoms with Crippen molar-refractivity contribution in [3.63, 3.8) is 0 Å². The first-order valence-electron chi connectivity index (χ1n) is 2.60. The molecule has 0 aromatic carbocycles. The van der Waals surface area contributed by atoms with Gasteiger partial charge in [-0.2, -0.15) is 8.78 Å². The molecular formula is C5H8F4O. The molecule has 0 aliphatic rings. The summed E-state index contributed by atoms with van der Waals surface area (Å²) in [6, 6.07) is 0. The molecule has 5 heteroatoms. The molecule has 0 rings (SSSR count). The maximum absolute atomic E-state index is 12.2. The van der Waals surface area contributed by atoms with Crippen molar-refractivity contribution in [1.82, 2.24) is 0 Å². The van der Waals surface area contributed by atoms with Crippen LogP contribution in [0.5, 0.6) is 0 Å². The van der Waals surface area contributed by atoms with Crippen molar-refractivity contribution in [2.75, 3.05) is 6.67 Å². The van der Waals surface area contributed by atoms with E-state index >= 15 is 0 Å². The van der Waals surface area contributed by atoms with Crippen LogP contribution in [0.15, 0.2) is 0 Å². The lowest BCUT2D eigenvalue weighted by atomic mass is 10.4. The summed E-state index contributed by atoms with van der Waals surface area (Å²) in [5, 5.41) is 0. The van der Waals surface area contributed by atoms with E-state index < -0.39 is 18.6 Å². The molecule has 0 atom stereocenters. The van der Waals surface area contributed by atoms with Crippen molar-refractivity contribution in [2.45, 2.75) is 25.8 Å². The van der Waals surface area contributed by atoms with Gasteiger partial charge in [0.1, 0.15) is 0 Å². The number of halogens is 4. The first-order chi connectivity index (χ1) is 4.27. The van der Waals surface area contributed by atoms with Gasteiger partial charge in [0.2, 0.25) is 5.85 Å². The normalized spacial score (nSPS) is 13.8. The molecule has 0 radical (unpaired) electrons. The lowest BCUT2D eigenvalue weighted by Crippen LogP contribution is -2.33. The Labute approximate surface area is 56.0 Å². The third-order valence-corrected chi connectivity index (χ3v) is 0.548. The van der Waals surface area contributed by atoms with Gasteiger partial charge in [0.15, 0.2) is 6.67 Å². The van der Waals surface area contributed by atoms with Crippen LogP contribution < -0.4 is 0 Å². The summed E-state index contributed by atoms with van der Waals surface area (Å²) in [6.45, 7) is -0.465. The van der Waals surface area contributed by atoms with Crippen LogP contribution in [0.25, 0.3) is 0 Å². The Morgan fingerprint density at radius 1 is 1.20 bits per heavy atom. The molecule has 62 valence electrons. The highest BCUT2D eigenvalue weighted by Gasteiger charge is 2.37. The van der Waals surface area contributed by atoms with E-state index in [-0.39, 0.29) is 0 Å². The van der Waals surface area contributed by atoms with Crippen LogP contribution in [-0.4, -0.2) is 18.6 Å². The Bertz CT molecular complexity index is 107. The fourth-order valence-electron chi connectivity index (χ4n) is 0.382. The molecule has 0 saturated carbocycles. The second-order valence-electron chi connectivity index (χ2n) is 2.24. The molecule has 0 unspecified atom stereocenters. The molecule has 0 aliphatic heterocycles. The zero-order valence-electron chi connectivity index (χ0n) is 5.63. The van der Waals surface area contributed by atoms with Gasteiger partial charge in [-0.3, -0.25) is 4.74 Å². The summed E-state index contributed by atoms with van der Waals surface area (Å²) in [5.41, 5.74) is 0. The lowest BCUT2D eigenvalue weighted by molar-refractivity contribution is -0.324. The van der Waals surface area contributed by atoms with Gasteiger partial charge < -0.3 is 0 Å². The summed E-state index contributed by atoms with van der Waals surface area (Å²) in [5.74, 6) is -2.50. The third kappa shape index (κ3) is 4.55. The predicted molar refractivity (Wildman–Crippen MR) is 27.2 cm³/mol. The Kier molecular flexibility index (Phi) is 2.65. The van der Waals surface area contributed by atoms with E-state index in [0.717, 1.165) is 13.8 Å². The van der Waals surface area contributed by atoms with E-state index in [1.54, 1.807) is 0 Å². The van der Waals surface area contributed by atoms with E-state index in [1.807, 2.05) is 0 Å². The number of ether oxygens (including phenoxy) is 1. The van der Waals surface area contributed by atoms with Crippen molar-refractivity contribution in [1.29, 1.82) is 0 Å². The predicted octanol–water partition coefficient (Wildman–Crippen LogP) is 2.27. The number of rotatable bonds is 3. The Balaban J connectivity index is 3.89. The smallest absolute Gasteiger partial charge is 0.281 e. The highest BCUT2D eigenvalue weighted by atomic mass is 19.3. The average Bonchev–Trinajstić information content (AvgIpc) is 1.60. The van der Waals surface area contributed by atoms with E-state index in [9.17, 15) is 17.6 Å².